The molecule has 1 aliphatic rings. The third-order valence-corrected chi connectivity index (χ3v) is 3.13. The van der Waals surface area contributed by atoms with Gasteiger partial charge in [-0.2, -0.15) is 0 Å². The van der Waals surface area contributed by atoms with Crippen molar-refractivity contribution in [3.8, 4) is 0 Å². The molecular formula is C12H20N4O2. The number of ether oxygens (including phenoxy) is 1. The number of aryl methyl sites for hydroxylation is 1. The van der Waals surface area contributed by atoms with Crippen molar-refractivity contribution in [2.45, 2.75) is 19.1 Å². The van der Waals surface area contributed by atoms with Gasteiger partial charge >= 0.3 is 0 Å². The van der Waals surface area contributed by atoms with Crippen LogP contribution in [0.15, 0.2) is 12.4 Å². The van der Waals surface area contributed by atoms with Crippen LogP contribution in [0, 0.1) is 0 Å². The molecule has 0 saturated carbocycles. The summed E-state index contributed by atoms with van der Waals surface area (Å²) in [6.07, 6.45) is 4.03. The molecule has 0 radical (unpaired) electrons. The quantitative estimate of drug-likeness (QED) is 0.803. The average Bonchev–Trinajstić information content (AvgIpc) is 2.76. The normalized spacial score (nSPS) is 19.8. The van der Waals surface area contributed by atoms with E-state index in [4.69, 9.17) is 4.74 Å². The Kier molecular flexibility index (Phi) is 4.33. The smallest absolute Gasteiger partial charge is 0.225 e. The number of aromatic nitrogens is 2. The number of carbonyl (C=O) groups excluding carboxylic acids is 1. The number of amides is 1. The van der Waals surface area contributed by atoms with Crippen LogP contribution in [0.5, 0.6) is 0 Å². The van der Waals surface area contributed by atoms with Gasteiger partial charge in [0.05, 0.1) is 25.7 Å². The molecule has 2 heterocycles. The standard InChI is InChI=1S/C12H20N4O2/c1-15-5-3-14-11(15)9-16(2)12(17)7-10-8-13-4-6-18-10/h3,5,10,13H,4,6-9H2,1-2H3. The zero-order chi connectivity index (χ0) is 13.0. The van der Waals surface area contributed by atoms with Gasteiger partial charge in [0.1, 0.15) is 5.82 Å². The molecule has 1 aromatic heterocycles. The van der Waals surface area contributed by atoms with Gasteiger partial charge in [-0.25, -0.2) is 4.98 Å². The van der Waals surface area contributed by atoms with Crippen LogP contribution >= 0.6 is 0 Å². The van der Waals surface area contributed by atoms with E-state index in [0.717, 1.165) is 18.9 Å². The van der Waals surface area contributed by atoms with Crippen molar-refractivity contribution < 1.29 is 9.53 Å². The molecule has 0 bridgehead atoms. The summed E-state index contributed by atoms with van der Waals surface area (Å²) in [5, 5.41) is 3.22. The fourth-order valence-corrected chi connectivity index (χ4v) is 1.95. The summed E-state index contributed by atoms with van der Waals surface area (Å²) in [6, 6.07) is 0. The Morgan fingerprint density at radius 3 is 3.17 bits per heavy atom. The average molecular weight is 252 g/mol. The Balaban J connectivity index is 1.83. The Bertz CT molecular complexity index is 399. The molecule has 6 nitrogen and oxygen atoms in total. The SMILES string of the molecule is CN(Cc1nccn1C)C(=O)CC1CNCCO1. The number of hydrogen-bond donors (Lipinski definition) is 1. The number of carbonyl (C=O) groups is 1. The van der Waals surface area contributed by atoms with Gasteiger partial charge in [-0.05, 0) is 0 Å². The highest BCUT2D eigenvalue weighted by molar-refractivity contribution is 5.76. The topological polar surface area (TPSA) is 59.4 Å². The lowest BCUT2D eigenvalue weighted by atomic mass is 10.2. The van der Waals surface area contributed by atoms with Crippen LogP contribution in [-0.2, 0) is 23.1 Å². The minimum absolute atomic E-state index is 0.00456. The van der Waals surface area contributed by atoms with Crippen LogP contribution in [-0.4, -0.2) is 53.2 Å². The molecule has 1 atom stereocenters. The Morgan fingerprint density at radius 2 is 2.56 bits per heavy atom. The number of nitrogens with one attached hydrogen (secondary N) is 1. The molecule has 1 saturated heterocycles. The van der Waals surface area contributed by atoms with E-state index in [1.54, 1.807) is 18.1 Å². The molecule has 6 heteroatoms. The molecule has 100 valence electrons. The number of imidazole rings is 1. The van der Waals surface area contributed by atoms with Gasteiger partial charge < -0.3 is 19.5 Å². The van der Waals surface area contributed by atoms with E-state index in [2.05, 4.69) is 10.3 Å². The molecule has 2 rings (SSSR count). The molecule has 1 fully saturated rings. The second-order valence-electron chi connectivity index (χ2n) is 4.61. The predicted octanol–water partition coefficient (Wildman–Crippen LogP) is -0.243. The molecule has 1 aromatic rings. The first-order chi connectivity index (χ1) is 8.66. The number of rotatable bonds is 4. The highest BCUT2D eigenvalue weighted by atomic mass is 16.5. The molecule has 1 aliphatic heterocycles. The van der Waals surface area contributed by atoms with E-state index in [0.29, 0.717) is 19.6 Å². The van der Waals surface area contributed by atoms with E-state index in [9.17, 15) is 4.79 Å². The first-order valence-corrected chi connectivity index (χ1v) is 6.19. The van der Waals surface area contributed by atoms with Gasteiger partial charge in [0.15, 0.2) is 0 Å². The van der Waals surface area contributed by atoms with E-state index < -0.39 is 0 Å². The summed E-state index contributed by atoms with van der Waals surface area (Å²) in [4.78, 5) is 17.9. The maximum absolute atomic E-state index is 12.0. The summed E-state index contributed by atoms with van der Waals surface area (Å²) < 4.78 is 7.45. The zero-order valence-corrected chi connectivity index (χ0v) is 10.9. The van der Waals surface area contributed by atoms with Crippen molar-refractivity contribution in [2.24, 2.45) is 7.05 Å². The lowest BCUT2D eigenvalue weighted by molar-refractivity contribution is -0.134. The van der Waals surface area contributed by atoms with E-state index >= 15 is 0 Å². The summed E-state index contributed by atoms with van der Waals surface area (Å²) in [7, 11) is 3.72. The van der Waals surface area contributed by atoms with Crippen molar-refractivity contribution in [2.75, 3.05) is 26.7 Å². The summed E-state index contributed by atoms with van der Waals surface area (Å²) >= 11 is 0. The Labute approximate surface area is 107 Å². The Hall–Kier alpha value is -1.40. The van der Waals surface area contributed by atoms with Gasteiger partial charge in [0.25, 0.3) is 0 Å². The van der Waals surface area contributed by atoms with Crippen LogP contribution in [0.4, 0.5) is 0 Å². The van der Waals surface area contributed by atoms with Crippen LogP contribution in [0.1, 0.15) is 12.2 Å². The number of nitrogens with zero attached hydrogens (tertiary/aromatic N) is 3. The molecule has 0 aromatic carbocycles. The molecule has 1 N–H and O–H groups in total. The van der Waals surface area contributed by atoms with Gasteiger partial charge in [-0.1, -0.05) is 0 Å². The lowest BCUT2D eigenvalue weighted by Gasteiger charge is -2.25. The van der Waals surface area contributed by atoms with Crippen molar-refractivity contribution >= 4 is 5.91 Å². The van der Waals surface area contributed by atoms with Gasteiger partial charge in [-0.3, -0.25) is 4.79 Å². The molecule has 0 spiro atoms. The summed E-state index contributed by atoms with van der Waals surface area (Å²) in [6.45, 7) is 2.83. The summed E-state index contributed by atoms with van der Waals surface area (Å²) in [5.41, 5.74) is 0. The third-order valence-electron chi connectivity index (χ3n) is 3.13. The number of morpholine rings is 1. The summed E-state index contributed by atoms with van der Waals surface area (Å²) in [5.74, 6) is 0.972. The van der Waals surface area contributed by atoms with Crippen LogP contribution in [0.3, 0.4) is 0 Å². The van der Waals surface area contributed by atoms with Gasteiger partial charge in [0.2, 0.25) is 5.91 Å². The highest BCUT2D eigenvalue weighted by Crippen LogP contribution is 2.06. The highest BCUT2D eigenvalue weighted by Gasteiger charge is 2.20. The van der Waals surface area contributed by atoms with E-state index in [1.807, 2.05) is 17.8 Å². The zero-order valence-electron chi connectivity index (χ0n) is 10.9. The molecule has 1 amide bonds. The minimum atomic E-state index is -0.00456. The van der Waals surface area contributed by atoms with Crippen molar-refractivity contribution in [3.63, 3.8) is 0 Å². The van der Waals surface area contributed by atoms with Crippen molar-refractivity contribution in [1.29, 1.82) is 0 Å². The fraction of sp³-hybridized carbons (Fsp3) is 0.667. The van der Waals surface area contributed by atoms with Gasteiger partial charge in [-0.15, -0.1) is 0 Å². The second-order valence-corrected chi connectivity index (χ2v) is 4.61. The monoisotopic (exact) mass is 252 g/mol. The maximum Gasteiger partial charge on any atom is 0.225 e. The second kappa shape index (κ2) is 5.97. The van der Waals surface area contributed by atoms with Crippen molar-refractivity contribution in [1.82, 2.24) is 19.8 Å². The van der Waals surface area contributed by atoms with E-state index in [1.165, 1.54) is 0 Å². The Morgan fingerprint density at radius 1 is 1.72 bits per heavy atom. The third kappa shape index (κ3) is 3.30. The van der Waals surface area contributed by atoms with Crippen molar-refractivity contribution in [3.05, 3.63) is 18.2 Å². The predicted molar refractivity (Wildman–Crippen MR) is 66.9 cm³/mol. The lowest BCUT2D eigenvalue weighted by Crippen LogP contribution is -2.41. The molecule has 0 aliphatic carbocycles. The van der Waals surface area contributed by atoms with E-state index in [-0.39, 0.29) is 12.0 Å². The van der Waals surface area contributed by atoms with Crippen LogP contribution < -0.4 is 5.32 Å². The van der Waals surface area contributed by atoms with Crippen LogP contribution in [0.25, 0.3) is 0 Å². The van der Waals surface area contributed by atoms with Gasteiger partial charge in [0, 0.05) is 39.6 Å². The first-order valence-electron chi connectivity index (χ1n) is 6.19. The maximum atomic E-state index is 12.0. The fourth-order valence-electron chi connectivity index (χ4n) is 1.95. The first kappa shape index (κ1) is 13.0. The molecule has 18 heavy (non-hydrogen) atoms. The minimum Gasteiger partial charge on any atom is -0.375 e. The number of hydrogen-bond acceptors (Lipinski definition) is 4. The molecule has 1 unspecified atom stereocenters. The van der Waals surface area contributed by atoms with Crippen LogP contribution in [0.2, 0.25) is 0 Å². The largest absolute Gasteiger partial charge is 0.375 e. The molecular weight excluding hydrogens is 232 g/mol.